The summed E-state index contributed by atoms with van der Waals surface area (Å²) in [6.07, 6.45) is 0.996. The van der Waals surface area contributed by atoms with Gasteiger partial charge in [0.25, 0.3) is 5.56 Å². The van der Waals surface area contributed by atoms with Crippen molar-refractivity contribution in [3.05, 3.63) is 34.0 Å². The van der Waals surface area contributed by atoms with Crippen LogP contribution in [0.25, 0.3) is 0 Å². The van der Waals surface area contributed by atoms with E-state index < -0.39 is 5.82 Å². The summed E-state index contributed by atoms with van der Waals surface area (Å²) in [7, 11) is 0. The molecule has 2 N–H and O–H groups in total. The molecular formula is C8H10FNO2. The minimum absolute atomic E-state index is 0.160. The number of H-pyrrole nitrogens is 1. The molecule has 1 aromatic rings. The van der Waals surface area contributed by atoms with Crippen LogP contribution >= 0.6 is 0 Å². The van der Waals surface area contributed by atoms with Gasteiger partial charge >= 0.3 is 0 Å². The van der Waals surface area contributed by atoms with Gasteiger partial charge in [-0.15, -0.1) is 0 Å². The van der Waals surface area contributed by atoms with Crippen molar-refractivity contribution in [1.82, 2.24) is 4.98 Å². The molecule has 0 aromatic carbocycles. The van der Waals surface area contributed by atoms with Crippen LogP contribution in [0.15, 0.2) is 17.1 Å². The van der Waals surface area contributed by atoms with Crippen LogP contribution in [-0.4, -0.2) is 16.7 Å². The van der Waals surface area contributed by atoms with Crippen molar-refractivity contribution in [2.75, 3.05) is 6.61 Å². The molecule has 1 unspecified atom stereocenters. The molecule has 0 fully saturated rings. The van der Waals surface area contributed by atoms with Gasteiger partial charge in [0.15, 0.2) is 0 Å². The van der Waals surface area contributed by atoms with Gasteiger partial charge in [-0.3, -0.25) is 4.79 Å². The Kier molecular flexibility index (Phi) is 2.60. The molecule has 3 nitrogen and oxygen atoms in total. The van der Waals surface area contributed by atoms with Crippen molar-refractivity contribution in [1.29, 1.82) is 0 Å². The highest BCUT2D eigenvalue weighted by atomic mass is 19.1. The van der Waals surface area contributed by atoms with Crippen molar-refractivity contribution in [3.8, 4) is 0 Å². The number of aromatic nitrogens is 1. The fraction of sp³-hybridized carbons (Fsp3) is 0.375. The van der Waals surface area contributed by atoms with Crippen molar-refractivity contribution in [2.24, 2.45) is 0 Å². The van der Waals surface area contributed by atoms with E-state index in [1.165, 1.54) is 0 Å². The summed E-state index contributed by atoms with van der Waals surface area (Å²) >= 11 is 0. The van der Waals surface area contributed by atoms with E-state index in [4.69, 9.17) is 5.11 Å². The highest BCUT2D eigenvalue weighted by Crippen LogP contribution is 2.09. The zero-order valence-electron chi connectivity index (χ0n) is 6.67. The topological polar surface area (TPSA) is 53.1 Å². The Balaban J connectivity index is 3.13. The Morgan fingerprint density at radius 1 is 1.75 bits per heavy atom. The van der Waals surface area contributed by atoms with Gasteiger partial charge in [0.1, 0.15) is 5.82 Å². The van der Waals surface area contributed by atoms with Crippen molar-refractivity contribution in [3.63, 3.8) is 0 Å². The lowest BCUT2D eigenvalue weighted by Gasteiger charge is -2.05. The molecule has 1 heterocycles. The van der Waals surface area contributed by atoms with Crippen LogP contribution in [0.1, 0.15) is 18.4 Å². The smallest absolute Gasteiger partial charge is 0.251 e. The fourth-order valence-corrected chi connectivity index (χ4v) is 0.938. The van der Waals surface area contributed by atoms with Gasteiger partial charge in [-0.1, -0.05) is 6.92 Å². The first-order valence-electron chi connectivity index (χ1n) is 3.64. The number of halogens is 1. The molecule has 0 aliphatic carbocycles. The summed E-state index contributed by atoms with van der Waals surface area (Å²) in [5.41, 5.74) is -0.0737. The highest BCUT2D eigenvalue weighted by molar-refractivity contribution is 5.15. The average molecular weight is 171 g/mol. The first-order valence-corrected chi connectivity index (χ1v) is 3.64. The standard InChI is InChI=1S/C8H10FNO2/c1-5(4-11)7-2-6(9)3-10-8(7)12/h2-3,5,11H,4H2,1H3,(H,10,12). The molecule has 0 saturated heterocycles. The molecular weight excluding hydrogens is 161 g/mol. The summed E-state index contributed by atoms with van der Waals surface area (Å²) in [4.78, 5) is 13.3. The Bertz CT molecular complexity index is 321. The van der Waals surface area contributed by atoms with Gasteiger partial charge in [0, 0.05) is 24.3 Å². The number of rotatable bonds is 2. The number of aromatic amines is 1. The molecule has 0 saturated carbocycles. The predicted octanol–water partition coefficient (Wildman–Crippen LogP) is 0.610. The molecule has 0 bridgehead atoms. The third kappa shape index (κ3) is 1.71. The molecule has 4 heteroatoms. The van der Waals surface area contributed by atoms with Crippen molar-refractivity contribution < 1.29 is 9.50 Å². The van der Waals surface area contributed by atoms with Crippen molar-refractivity contribution in [2.45, 2.75) is 12.8 Å². The minimum Gasteiger partial charge on any atom is -0.396 e. The van der Waals surface area contributed by atoms with Crippen LogP contribution in [0.5, 0.6) is 0 Å². The number of aliphatic hydroxyl groups is 1. The van der Waals surface area contributed by atoms with E-state index in [1.54, 1.807) is 6.92 Å². The fourth-order valence-electron chi connectivity index (χ4n) is 0.938. The summed E-state index contributed by atoms with van der Waals surface area (Å²) in [5.74, 6) is -0.825. The second-order valence-corrected chi connectivity index (χ2v) is 2.69. The van der Waals surface area contributed by atoms with E-state index in [-0.39, 0.29) is 23.6 Å². The SMILES string of the molecule is CC(CO)c1cc(F)c[nH]c1=O. The molecule has 0 aliphatic rings. The maximum atomic E-state index is 12.6. The minimum atomic E-state index is -0.495. The monoisotopic (exact) mass is 171 g/mol. The van der Waals surface area contributed by atoms with Crippen LogP contribution in [0.4, 0.5) is 4.39 Å². The molecule has 0 amide bonds. The third-order valence-electron chi connectivity index (χ3n) is 1.70. The van der Waals surface area contributed by atoms with E-state index in [2.05, 4.69) is 4.98 Å². The van der Waals surface area contributed by atoms with E-state index in [1.807, 2.05) is 0 Å². The molecule has 0 radical (unpaired) electrons. The summed E-state index contributed by atoms with van der Waals surface area (Å²) in [6, 6.07) is 1.14. The van der Waals surface area contributed by atoms with Crippen LogP contribution in [0.3, 0.4) is 0 Å². The average Bonchev–Trinajstić information content (AvgIpc) is 2.08. The second-order valence-electron chi connectivity index (χ2n) is 2.69. The van der Waals surface area contributed by atoms with E-state index in [0.29, 0.717) is 0 Å². The van der Waals surface area contributed by atoms with E-state index >= 15 is 0 Å². The van der Waals surface area contributed by atoms with Gasteiger partial charge in [0.2, 0.25) is 0 Å². The zero-order chi connectivity index (χ0) is 9.14. The summed E-state index contributed by atoms with van der Waals surface area (Å²) in [5, 5.41) is 8.73. The van der Waals surface area contributed by atoms with Gasteiger partial charge in [-0.05, 0) is 6.07 Å². The van der Waals surface area contributed by atoms with E-state index in [0.717, 1.165) is 12.3 Å². The maximum absolute atomic E-state index is 12.6. The third-order valence-corrected chi connectivity index (χ3v) is 1.70. The molecule has 66 valence electrons. The summed E-state index contributed by atoms with van der Waals surface area (Å²) < 4.78 is 12.6. The Labute approximate surface area is 68.9 Å². The molecule has 0 spiro atoms. The number of hydrogen-bond acceptors (Lipinski definition) is 2. The molecule has 0 aliphatic heterocycles. The molecule has 1 rings (SSSR count). The molecule has 1 aromatic heterocycles. The number of pyridine rings is 1. The number of aliphatic hydroxyl groups excluding tert-OH is 1. The normalized spacial score (nSPS) is 12.9. The molecule has 1 atom stereocenters. The van der Waals surface area contributed by atoms with Gasteiger partial charge in [0.05, 0.1) is 0 Å². The van der Waals surface area contributed by atoms with Crippen LogP contribution in [0.2, 0.25) is 0 Å². The zero-order valence-corrected chi connectivity index (χ0v) is 6.67. The van der Waals surface area contributed by atoms with Crippen molar-refractivity contribution >= 4 is 0 Å². The first kappa shape index (κ1) is 8.93. The first-order chi connectivity index (χ1) is 5.65. The van der Waals surface area contributed by atoms with Gasteiger partial charge in [-0.25, -0.2) is 4.39 Å². The van der Waals surface area contributed by atoms with Gasteiger partial charge < -0.3 is 10.1 Å². The van der Waals surface area contributed by atoms with Crippen LogP contribution in [-0.2, 0) is 0 Å². The van der Waals surface area contributed by atoms with Gasteiger partial charge in [-0.2, -0.15) is 0 Å². The quantitative estimate of drug-likeness (QED) is 0.685. The highest BCUT2D eigenvalue weighted by Gasteiger charge is 2.08. The van der Waals surface area contributed by atoms with Crippen LogP contribution in [0, 0.1) is 5.82 Å². The largest absolute Gasteiger partial charge is 0.396 e. The predicted molar refractivity (Wildman–Crippen MR) is 42.5 cm³/mol. The lowest BCUT2D eigenvalue weighted by molar-refractivity contribution is 0.272. The lowest BCUT2D eigenvalue weighted by Crippen LogP contribution is -2.16. The Morgan fingerprint density at radius 3 is 3.00 bits per heavy atom. The van der Waals surface area contributed by atoms with Crippen LogP contribution < -0.4 is 5.56 Å². The summed E-state index contributed by atoms with van der Waals surface area (Å²) in [6.45, 7) is 1.50. The lowest BCUT2D eigenvalue weighted by atomic mass is 10.0. The maximum Gasteiger partial charge on any atom is 0.251 e. The molecule has 12 heavy (non-hydrogen) atoms. The second kappa shape index (κ2) is 3.49. The number of hydrogen-bond donors (Lipinski definition) is 2. The Hall–Kier alpha value is -1.16. The number of nitrogens with one attached hydrogen (secondary N) is 1. The Morgan fingerprint density at radius 2 is 2.42 bits per heavy atom. The van der Waals surface area contributed by atoms with E-state index in [9.17, 15) is 9.18 Å².